The number of imidazole rings is 1. The average Bonchev–Trinajstić information content (AvgIpc) is 3.27. The van der Waals surface area contributed by atoms with Gasteiger partial charge in [0.15, 0.2) is 0 Å². The van der Waals surface area contributed by atoms with Gasteiger partial charge < -0.3 is 24.1 Å². The Morgan fingerprint density at radius 1 is 1.03 bits per heavy atom. The number of carbonyl (C=O) groups is 1. The van der Waals surface area contributed by atoms with Gasteiger partial charge in [-0.2, -0.15) is 0 Å². The average molecular weight is 459 g/mol. The standard InChI is InChI=1S/C27H30N4O3/c1-20-7-6-14-31-18-22(29-26(20)31)19-34-25-9-5-4-8-24(25)27(32)28-17-21-10-12-23(13-11-21)33-16-15-30(2)3/h4-14,18H,15-17,19H2,1-3H3,(H,28,32). The molecule has 176 valence electrons. The Bertz CT molecular complexity index is 1250. The number of aryl methyl sites for hydroxylation is 1. The molecule has 0 radical (unpaired) electrons. The zero-order valence-corrected chi connectivity index (χ0v) is 19.8. The first kappa shape index (κ1) is 23.3. The summed E-state index contributed by atoms with van der Waals surface area (Å²) in [5.41, 5.74) is 4.29. The van der Waals surface area contributed by atoms with E-state index in [4.69, 9.17) is 9.47 Å². The van der Waals surface area contributed by atoms with E-state index >= 15 is 0 Å². The molecule has 2 aromatic heterocycles. The van der Waals surface area contributed by atoms with Crippen LogP contribution in [-0.4, -0.2) is 47.4 Å². The molecular formula is C27H30N4O3. The van der Waals surface area contributed by atoms with Crippen LogP contribution >= 0.6 is 0 Å². The van der Waals surface area contributed by atoms with E-state index < -0.39 is 0 Å². The van der Waals surface area contributed by atoms with Crippen molar-refractivity contribution in [3.05, 3.63) is 95.4 Å². The number of ether oxygens (including phenoxy) is 2. The molecule has 0 spiro atoms. The SMILES string of the molecule is Cc1cccn2cc(COc3ccccc3C(=O)NCc3ccc(OCCN(C)C)cc3)nc12. The van der Waals surface area contributed by atoms with Crippen molar-refractivity contribution in [3.63, 3.8) is 0 Å². The summed E-state index contributed by atoms with van der Waals surface area (Å²) in [6.45, 7) is 4.21. The highest BCUT2D eigenvalue weighted by molar-refractivity contribution is 5.96. The monoisotopic (exact) mass is 458 g/mol. The van der Waals surface area contributed by atoms with Gasteiger partial charge >= 0.3 is 0 Å². The van der Waals surface area contributed by atoms with Crippen molar-refractivity contribution in [3.8, 4) is 11.5 Å². The summed E-state index contributed by atoms with van der Waals surface area (Å²) in [5, 5.41) is 2.97. The first-order chi connectivity index (χ1) is 16.5. The first-order valence-electron chi connectivity index (χ1n) is 11.3. The van der Waals surface area contributed by atoms with Crippen LogP contribution in [0.2, 0.25) is 0 Å². The third kappa shape index (κ3) is 5.94. The van der Waals surface area contributed by atoms with Crippen molar-refractivity contribution >= 4 is 11.6 Å². The smallest absolute Gasteiger partial charge is 0.255 e. The van der Waals surface area contributed by atoms with E-state index in [1.807, 2.05) is 86.3 Å². The second-order valence-electron chi connectivity index (χ2n) is 8.42. The molecule has 0 saturated heterocycles. The molecule has 0 unspecified atom stereocenters. The van der Waals surface area contributed by atoms with Crippen LogP contribution in [0.3, 0.4) is 0 Å². The number of amides is 1. The predicted octanol–water partition coefficient (Wildman–Crippen LogP) is 4.09. The summed E-state index contributed by atoms with van der Waals surface area (Å²) >= 11 is 0. The highest BCUT2D eigenvalue weighted by atomic mass is 16.5. The fourth-order valence-corrected chi connectivity index (χ4v) is 3.53. The molecule has 0 aliphatic carbocycles. The number of nitrogens with zero attached hydrogens (tertiary/aromatic N) is 3. The van der Waals surface area contributed by atoms with Gasteiger partial charge in [0, 0.05) is 25.5 Å². The summed E-state index contributed by atoms with van der Waals surface area (Å²) in [6, 6.07) is 19.0. The van der Waals surface area contributed by atoms with Crippen LogP contribution in [0.4, 0.5) is 0 Å². The Balaban J connectivity index is 1.34. The maximum absolute atomic E-state index is 12.9. The van der Waals surface area contributed by atoms with Gasteiger partial charge in [0.05, 0.1) is 11.3 Å². The summed E-state index contributed by atoms with van der Waals surface area (Å²) < 4.78 is 13.7. The number of para-hydroxylation sites is 1. The van der Waals surface area contributed by atoms with Crippen LogP contribution in [0, 0.1) is 6.92 Å². The highest BCUT2D eigenvalue weighted by Crippen LogP contribution is 2.20. The van der Waals surface area contributed by atoms with Crippen LogP contribution in [0.5, 0.6) is 11.5 Å². The summed E-state index contributed by atoms with van der Waals surface area (Å²) in [7, 11) is 4.03. The highest BCUT2D eigenvalue weighted by Gasteiger charge is 2.13. The molecule has 0 fully saturated rings. The number of pyridine rings is 1. The zero-order valence-electron chi connectivity index (χ0n) is 19.8. The fraction of sp³-hybridized carbons (Fsp3) is 0.259. The van der Waals surface area contributed by atoms with Crippen LogP contribution in [-0.2, 0) is 13.2 Å². The minimum absolute atomic E-state index is 0.187. The molecule has 4 aromatic rings. The van der Waals surface area contributed by atoms with E-state index in [0.717, 1.165) is 34.8 Å². The minimum atomic E-state index is -0.187. The summed E-state index contributed by atoms with van der Waals surface area (Å²) in [5.74, 6) is 1.16. The lowest BCUT2D eigenvalue weighted by molar-refractivity contribution is 0.0946. The Kier molecular flexibility index (Phi) is 7.44. The van der Waals surface area contributed by atoms with Gasteiger partial charge in [0.25, 0.3) is 5.91 Å². The van der Waals surface area contributed by atoms with Gasteiger partial charge in [-0.3, -0.25) is 4.79 Å². The van der Waals surface area contributed by atoms with Crippen molar-refractivity contribution in [2.24, 2.45) is 0 Å². The first-order valence-corrected chi connectivity index (χ1v) is 11.3. The Hall–Kier alpha value is -3.84. The molecule has 0 atom stereocenters. The molecule has 1 N–H and O–H groups in total. The van der Waals surface area contributed by atoms with Crippen molar-refractivity contribution in [2.75, 3.05) is 27.2 Å². The number of aromatic nitrogens is 2. The third-order valence-electron chi connectivity index (χ3n) is 5.42. The van der Waals surface area contributed by atoms with E-state index in [0.29, 0.717) is 24.5 Å². The Morgan fingerprint density at radius 3 is 2.59 bits per heavy atom. The van der Waals surface area contributed by atoms with E-state index in [1.54, 1.807) is 12.1 Å². The fourth-order valence-electron chi connectivity index (χ4n) is 3.53. The van der Waals surface area contributed by atoms with E-state index in [-0.39, 0.29) is 12.5 Å². The van der Waals surface area contributed by atoms with Crippen LogP contribution in [0.1, 0.15) is 27.2 Å². The van der Waals surface area contributed by atoms with Gasteiger partial charge in [0.2, 0.25) is 0 Å². The Labute approximate surface area is 200 Å². The minimum Gasteiger partial charge on any atom is -0.492 e. The van der Waals surface area contributed by atoms with Crippen molar-refractivity contribution in [1.29, 1.82) is 0 Å². The molecule has 7 heteroatoms. The molecule has 7 nitrogen and oxygen atoms in total. The molecule has 2 aromatic carbocycles. The lowest BCUT2D eigenvalue weighted by Gasteiger charge is -2.12. The topological polar surface area (TPSA) is 68.1 Å². The maximum atomic E-state index is 12.9. The Morgan fingerprint density at radius 2 is 1.82 bits per heavy atom. The van der Waals surface area contributed by atoms with Gasteiger partial charge in [-0.05, 0) is 62.5 Å². The number of benzene rings is 2. The van der Waals surface area contributed by atoms with Crippen molar-refractivity contribution in [1.82, 2.24) is 19.6 Å². The normalized spacial score (nSPS) is 11.1. The van der Waals surface area contributed by atoms with Gasteiger partial charge in [-0.15, -0.1) is 0 Å². The number of likely N-dealkylation sites (N-methyl/N-ethyl adjacent to an activating group) is 1. The van der Waals surface area contributed by atoms with E-state index in [1.165, 1.54) is 0 Å². The summed E-state index contributed by atoms with van der Waals surface area (Å²) in [6.07, 6.45) is 3.90. The van der Waals surface area contributed by atoms with Crippen LogP contribution in [0.25, 0.3) is 5.65 Å². The quantitative estimate of drug-likeness (QED) is 0.388. The molecule has 34 heavy (non-hydrogen) atoms. The lowest BCUT2D eigenvalue weighted by Crippen LogP contribution is -2.23. The molecule has 0 aliphatic rings. The predicted molar refractivity (Wildman–Crippen MR) is 132 cm³/mol. The van der Waals surface area contributed by atoms with Gasteiger partial charge in [-0.1, -0.05) is 30.3 Å². The molecule has 2 heterocycles. The number of fused-ring (bicyclic) bond motifs is 1. The molecule has 0 saturated carbocycles. The second-order valence-corrected chi connectivity index (χ2v) is 8.42. The van der Waals surface area contributed by atoms with E-state index in [9.17, 15) is 4.79 Å². The molecule has 4 rings (SSSR count). The third-order valence-corrected chi connectivity index (χ3v) is 5.42. The number of carbonyl (C=O) groups excluding carboxylic acids is 1. The summed E-state index contributed by atoms with van der Waals surface area (Å²) in [4.78, 5) is 19.6. The van der Waals surface area contributed by atoms with Gasteiger partial charge in [0.1, 0.15) is 30.4 Å². The number of hydrogen-bond acceptors (Lipinski definition) is 5. The van der Waals surface area contributed by atoms with E-state index in [2.05, 4.69) is 15.2 Å². The number of rotatable bonds is 10. The molecule has 0 aliphatic heterocycles. The second kappa shape index (κ2) is 10.9. The lowest BCUT2D eigenvalue weighted by atomic mass is 10.1. The van der Waals surface area contributed by atoms with Crippen LogP contribution in [0.15, 0.2) is 73.1 Å². The molecular weight excluding hydrogens is 428 g/mol. The molecule has 1 amide bonds. The van der Waals surface area contributed by atoms with Crippen molar-refractivity contribution < 1.29 is 14.3 Å². The molecule has 0 bridgehead atoms. The van der Waals surface area contributed by atoms with Crippen molar-refractivity contribution in [2.45, 2.75) is 20.1 Å². The number of hydrogen-bond donors (Lipinski definition) is 1. The largest absolute Gasteiger partial charge is 0.492 e. The van der Waals surface area contributed by atoms with Gasteiger partial charge in [-0.25, -0.2) is 4.98 Å². The number of nitrogens with one attached hydrogen (secondary N) is 1. The maximum Gasteiger partial charge on any atom is 0.255 e. The zero-order chi connectivity index (χ0) is 23.9. The van der Waals surface area contributed by atoms with Crippen LogP contribution < -0.4 is 14.8 Å².